The van der Waals surface area contributed by atoms with E-state index in [0.29, 0.717) is 37.2 Å². The molecule has 2 saturated heterocycles. The van der Waals surface area contributed by atoms with E-state index in [0.717, 1.165) is 36.5 Å². The molecule has 0 atom stereocenters. The second-order valence-electron chi connectivity index (χ2n) is 7.22. The van der Waals surface area contributed by atoms with Crippen LogP contribution in [0.15, 0.2) is 35.2 Å². The summed E-state index contributed by atoms with van der Waals surface area (Å²) in [5.41, 5.74) is 1.06. The maximum Gasteiger partial charge on any atom is 0.245 e. The van der Waals surface area contributed by atoms with Gasteiger partial charge in [0.1, 0.15) is 15.9 Å². The van der Waals surface area contributed by atoms with Gasteiger partial charge in [-0.3, -0.25) is 0 Å². The van der Waals surface area contributed by atoms with Gasteiger partial charge in [0.25, 0.3) is 0 Å². The number of benzene rings is 1. The zero-order valence-electron chi connectivity index (χ0n) is 15.8. The van der Waals surface area contributed by atoms with Crippen LogP contribution in [0.2, 0.25) is 0 Å². The molecule has 3 aromatic rings. The molecule has 0 radical (unpaired) electrons. The lowest BCUT2D eigenvalue weighted by Gasteiger charge is -2.34. The predicted octanol–water partition coefficient (Wildman–Crippen LogP) is 1.59. The van der Waals surface area contributed by atoms with Crippen LogP contribution in [-0.2, 0) is 10.0 Å². The minimum atomic E-state index is -3.61. The standard InChI is InChI=1S/C18H21N7O2S2/c26-29(27,15-5-3-4-14-18(15)22-28-21-14)25-12-10-24(11-13-25)17-7-6-16(19-20-17)23-8-1-2-9-23/h3-7H,1-2,8-13H2. The van der Waals surface area contributed by atoms with Gasteiger partial charge in [-0.2, -0.15) is 13.1 Å². The third-order valence-corrected chi connectivity index (χ3v) is 7.97. The summed E-state index contributed by atoms with van der Waals surface area (Å²) < 4.78 is 36.1. The molecule has 5 rings (SSSR count). The number of hydrogen-bond acceptors (Lipinski definition) is 9. The first kappa shape index (κ1) is 18.6. The van der Waals surface area contributed by atoms with Crippen molar-refractivity contribution in [1.82, 2.24) is 23.2 Å². The molecule has 0 amide bonds. The van der Waals surface area contributed by atoms with E-state index in [2.05, 4.69) is 28.7 Å². The predicted molar refractivity (Wildman–Crippen MR) is 112 cm³/mol. The highest BCUT2D eigenvalue weighted by atomic mass is 32.2. The Hall–Kier alpha value is -2.37. The number of nitrogens with zero attached hydrogens (tertiary/aromatic N) is 7. The molecule has 11 heteroatoms. The SMILES string of the molecule is O=S(=O)(c1cccc2nsnc12)N1CCN(c2ccc(N3CCCC3)nn2)CC1. The molecule has 0 bridgehead atoms. The topological polar surface area (TPSA) is 95.4 Å². The molecular weight excluding hydrogens is 410 g/mol. The van der Waals surface area contributed by atoms with E-state index in [1.165, 1.54) is 17.1 Å². The first-order chi connectivity index (χ1) is 14.1. The van der Waals surface area contributed by atoms with Gasteiger partial charge in [-0.1, -0.05) is 6.07 Å². The molecule has 0 unspecified atom stereocenters. The van der Waals surface area contributed by atoms with Crippen molar-refractivity contribution in [2.45, 2.75) is 17.7 Å². The zero-order valence-corrected chi connectivity index (χ0v) is 17.4. The maximum absolute atomic E-state index is 13.1. The van der Waals surface area contributed by atoms with Crippen LogP contribution in [0, 0.1) is 0 Å². The molecule has 2 aromatic heterocycles. The Morgan fingerprint density at radius 1 is 0.793 bits per heavy atom. The monoisotopic (exact) mass is 431 g/mol. The van der Waals surface area contributed by atoms with E-state index in [1.807, 2.05) is 12.1 Å². The minimum Gasteiger partial charge on any atom is -0.355 e. The Bertz CT molecular complexity index is 1100. The fourth-order valence-electron chi connectivity index (χ4n) is 3.89. The van der Waals surface area contributed by atoms with Gasteiger partial charge >= 0.3 is 0 Å². The summed E-state index contributed by atoms with van der Waals surface area (Å²) in [6, 6.07) is 9.08. The van der Waals surface area contributed by atoms with Crippen molar-refractivity contribution in [2.75, 3.05) is 49.1 Å². The largest absolute Gasteiger partial charge is 0.355 e. The molecule has 1 aromatic carbocycles. The van der Waals surface area contributed by atoms with Crippen molar-refractivity contribution in [1.29, 1.82) is 0 Å². The Morgan fingerprint density at radius 2 is 1.45 bits per heavy atom. The highest BCUT2D eigenvalue weighted by Crippen LogP contribution is 2.26. The first-order valence-corrected chi connectivity index (χ1v) is 11.8. The lowest BCUT2D eigenvalue weighted by molar-refractivity contribution is 0.384. The number of rotatable bonds is 4. The van der Waals surface area contributed by atoms with E-state index in [-0.39, 0.29) is 4.90 Å². The number of sulfonamides is 1. The van der Waals surface area contributed by atoms with Crippen molar-refractivity contribution in [2.24, 2.45) is 0 Å². The molecule has 0 aliphatic carbocycles. The second kappa shape index (κ2) is 7.47. The van der Waals surface area contributed by atoms with Crippen molar-refractivity contribution in [3.63, 3.8) is 0 Å². The smallest absolute Gasteiger partial charge is 0.245 e. The van der Waals surface area contributed by atoms with E-state index < -0.39 is 10.0 Å². The number of fused-ring (bicyclic) bond motifs is 1. The Kier molecular flexibility index (Phi) is 4.80. The van der Waals surface area contributed by atoms with Crippen molar-refractivity contribution < 1.29 is 8.42 Å². The summed E-state index contributed by atoms with van der Waals surface area (Å²) in [7, 11) is -3.61. The second-order valence-corrected chi connectivity index (χ2v) is 9.66. The van der Waals surface area contributed by atoms with Gasteiger partial charge in [0.15, 0.2) is 11.6 Å². The maximum atomic E-state index is 13.1. The van der Waals surface area contributed by atoms with Crippen molar-refractivity contribution >= 4 is 44.4 Å². The normalized spacial score (nSPS) is 18.6. The van der Waals surface area contributed by atoms with E-state index in [4.69, 9.17) is 0 Å². The van der Waals surface area contributed by atoms with Crippen LogP contribution >= 0.6 is 11.7 Å². The Morgan fingerprint density at radius 3 is 2.10 bits per heavy atom. The number of aromatic nitrogens is 4. The number of hydrogen-bond donors (Lipinski definition) is 0. The highest BCUT2D eigenvalue weighted by Gasteiger charge is 2.31. The van der Waals surface area contributed by atoms with Crippen LogP contribution in [0.25, 0.3) is 11.0 Å². The van der Waals surface area contributed by atoms with E-state index in [1.54, 1.807) is 18.2 Å². The molecule has 2 aliphatic rings. The quantitative estimate of drug-likeness (QED) is 0.615. The molecule has 29 heavy (non-hydrogen) atoms. The molecular formula is C18H21N7O2S2. The molecule has 152 valence electrons. The average molecular weight is 432 g/mol. The zero-order chi connectivity index (χ0) is 19.8. The minimum absolute atomic E-state index is 0.229. The molecule has 9 nitrogen and oxygen atoms in total. The van der Waals surface area contributed by atoms with Crippen LogP contribution in [0.4, 0.5) is 11.6 Å². The summed E-state index contributed by atoms with van der Waals surface area (Å²) in [6.07, 6.45) is 2.40. The van der Waals surface area contributed by atoms with Crippen LogP contribution in [-0.4, -0.2) is 70.9 Å². The fraction of sp³-hybridized carbons (Fsp3) is 0.444. The average Bonchev–Trinajstić information content (AvgIpc) is 3.46. The molecule has 0 N–H and O–H groups in total. The van der Waals surface area contributed by atoms with Gasteiger partial charge in [-0.15, -0.1) is 10.2 Å². The number of piperazine rings is 1. The molecule has 0 spiro atoms. The number of anilines is 2. The van der Waals surface area contributed by atoms with Crippen LogP contribution in [0.5, 0.6) is 0 Å². The fourth-order valence-corrected chi connectivity index (χ4v) is 6.06. The van der Waals surface area contributed by atoms with Gasteiger partial charge in [0.05, 0.1) is 11.7 Å². The molecule has 2 fully saturated rings. The molecule has 2 aliphatic heterocycles. The van der Waals surface area contributed by atoms with Gasteiger partial charge < -0.3 is 9.80 Å². The Labute approximate surface area is 173 Å². The third kappa shape index (κ3) is 3.43. The Balaban J connectivity index is 1.29. The summed E-state index contributed by atoms with van der Waals surface area (Å²) in [6.45, 7) is 4.00. The summed E-state index contributed by atoms with van der Waals surface area (Å²) in [4.78, 5) is 4.56. The summed E-state index contributed by atoms with van der Waals surface area (Å²) >= 11 is 1.03. The first-order valence-electron chi connectivity index (χ1n) is 9.68. The van der Waals surface area contributed by atoms with Crippen molar-refractivity contribution in [3.05, 3.63) is 30.3 Å². The lowest BCUT2D eigenvalue weighted by atomic mass is 10.3. The summed E-state index contributed by atoms with van der Waals surface area (Å²) in [5.74, 6) is 1.70. The van der Waals surface area contributed by atoms with Crippen LogP contribution in [0.3, 0.4) is 0 Å². The lowest BCUT2D eigenvalue weighted by Crippen LogP contribution is -2.49. The molecule has 0 saturated carbocycles. The summed E-state index contributed by atoms with van der Waals surface area (Å²) in [5, 5.41) is 8.74. The van der Waals surface area contributed by atoms with E-state index in [9.17, 15) is 8.42 Å². The van der Waals surface area contributed by atoms with Crippen molar-refractivity contribution in [3.8, 4) is 0 Å². The van der Waals surface area contributed by atoms with Gasteiger partial charge in [-0.25, -0.2) is 8.42 Å². The third-order valence-electron chi connectivity index (χ3n) is 5.50. The molecule has 4 heterocycles. The van der Waals surface area contributed by atoms with Crippen LogP contribution in [0.1, 0.15) is 12.8 Å². The van der Waals surface area contributed by atoms with Gasteiger partial charge in [-0.05, 0) is 37.1 Å². The van der Waals surface area contributed by atoms with Gasteiger partial charge in [0, 0.05) is 39.3 Å². The van der Waals surface area contributed by atoms with E-state index >= 15 is 0 Å². The highest BCUT2D eigenvalue weighted by molar-refractivity contribution is 7.89. The van der Waals surface area contributed by atoms with Crippen LogP contribution < -0.4 is 9.80 Å². The van der Waals surface area contributed by atoms with Gasteiger partial charge in [0.2, 0.25) is 10.0 Å².